The van der Waals surface area contributed by atoms with Gasteiger partial charge in [0.05, 0.1) is 6.54 Å². The molecule has 0 saturated carbocycles. The maximum Gasteiger partial charge on any atom is 0.325 e. The van der Waals surface area contributed by atoms with E-state index in [0.717, 1.165) is 18.6 Å². The Balaban J connectivity index is 2.02. The van der Waals surface area contributed by atoms with Crippen LogP contribution in [-0.4, -0.2) is 46.4 Å². The molecule has 4 N–H and O–H groups in total. The number of carbonyl (C=O) groups excluding carboxylic acids is 2. The number of amides is 2. The number of hydrogen-bond acceptors (Lipinski definition) is 6. The summed E-state index contributed by atoms with van der Waals surface area (Å²) in [5, 5.41) is 5.56. The van der Waals surface area contributed by atoms with Crippen molar-refractivity contribution in [3.05, 3.63) is 32.6 Å². The van der Waals surface area contributed by atoms with Crippen molar-refractivity contribution in [2.24, 2.45) is 0 Å². The fraction of sp³-hybridized carbons (Fsp3) is 0.579. The van der Waals surface area contributed by atoms with Crippen LogP contribution in [0, 0.1) is 11.8 Å². The van der Waals surface area contributed by atoms with Gasteiger partial charge < -0.3 is 15.6 Å². The highest BCUT2D eigenvalue weighted by Crippen LogP contribution is 2.20. The standard InChI is InChI=1S/C19H28N4O4S2/c1-2-3-4-5-8-16(24)21-11-13-29-28-12-9-17(25)20-10-6-7-15-14-22-19(27)23-18(15)26/h14H,2-5,8-13H2,1H3,(H,20,25)(H,21,24)(H2,22,23,26,27). The first-order chi connectivity index (χ1) is 14.0. The number of carbonyl (C=O) groups is 2. The van der Waals surface area contributed by atoms with Crippen LogP contribution in [-0.2, 0) is 9.59 Å². The van der Waals surface area contributed by atoms with Crippen LogP contribution in [0.2, 0.25) is 0 Å². The Bertz CT molecular complexity index is 811. The normalized spacial score (nSPS) is 10.1. The highest BCUT2D eigenvalue weighted by Gasteiger charge is 2.02. The zero-order valence-corrected chi connectivity index (χ0v) is 18.2. The van der Waals surface area contributed by atoms with E-state index in [4.69, 9.17) is 0 Å². The molecular formula is C19H28N4O4S2. The molecule has 0 aliphatic carbocycles. The van der Waals surface area contributed by atoms with E-state index in [1.807, 2.05) is 0 Å². The monoisotopic (exact) mass is 440 g/mol. The van der Waals surface area contributed by atoms with Gasteiger partial charge in [-0.25, -0.2) is 4.79 Å². The third kappa shape index (κ3) is 12.9. The minimum Gasteiger partial charge on any atom is -0.355 e. The van der Waals surface area contributed by atoms with E-state index in [1.54, 1.807) is 21.6 Å². The van der Waals surface area contributed by atoms with Crippen molar-refractivity contribution in [3.8, 4) is 11.8 Å². The molecule has 0 atom stereocenters. The topological polar surface area (TPSA) is 124 Å². The molecule has 8 nitrogen and oxygen atoms in total. The Labute approximate surface area is 178 Å². The molecule has 29 heavy (non-hydrogen) atoms. The van der Waals surface area contributed by atoms with E-state index in [-0.39, 0.29) is 23.9 Å². The minimum atomic E-state index is -0.589. The Morgan fingerprint density at radius 1 is 1.03 bits per heavy atom. The Morgan fingerprint density at radius 3 is 2.55 bits per heavy atom. The van der Waals surface area contributed by atoms with Gasteiger partial charge in [-0.15, -0.1) is 0 Å². The second-order valence-electron chi connectivity index (χ2n) is 6.12. The summed E-state index contributed by atoms with van der Waals surface area (Å²) >= 11 is 0. The average molecular weight is 441 g/mol. The molecule has 0 unspecified atom stereocenters. The van der Waals surface area contributed by atoms with Gasteiger partial charge in [0.1, 0.15) is 5.56 Å². The predicted molar refractivity (Wildman–Crippen MR) is 119 cm³/mol. The lowest BCUT2D eigenvalue weighted by Gasteiger charge is -2.05. The van der Waals surface area contributed by atoms with E-state index >= 15 is 0 Å². The van der Waals surface area contributed by atoms with E-state index < -0.39 is 11.2 Å². The first-order valence-electron chi connectivity index (χ1n) is 9.61. The van der Waals surface area contributed by atoms with Crippen LogP contribution < -0.4 is 21.9 Å². The van der Waals surface area contributed by atoms with Crippen LogP contribution >= 0.6 is 21.6 Å². The molecule has 0 fully saturated rings. The maximum atomic E-state index is 11.7. The summed E-state index contributed by atoms with van der Waals surface area (Å²) in [6, 6.07) is 0. The predicted octanol–water partition coefficient (Wildman–Crippen LogP) is 1.39. The number of aromatic amines is 2. The molecule has 0 radical (unpaired) electrons. The lowest BCUT2D eigenvalue weighted by atomic mass is 10.1. The second-order valence-corrected chi connectivity index (χ2v) is 8.82. The minimum absolute atomic E-state index is 0.107. The van der Waals surface area contributed by atoms with Gasteiger partial charge in [-0.1, -0.05) is 59.6 Å². The van der Waals surface area contributed by atoms with Crippen LogP contribution in [0.4, 0.5) is 0 Å². The van der Waals surface area contributed by atoms with Crippen LogP contribution in [0.25, 0.3) is 0 Å². The molecule has 1 aromatic rings. The molecule has 0 aromatic carbocycles. The number of hydrogen-bond donors (Lipinski definition) is 4. The van der Waals surface area contributed by atoms with E-state index in [0.29, 0.717) is 25.1 Å². The Morgan fingerprint density at radius 2 is 1.79 bits per heavy atom. The van der Waals surface area contributed by atoms with Gasteiger partial charge in [-0.2, -0.15) is 0 Å². The smallest absolute Gasteiger partial charge is 0.325 e. The van der Waals surface area contributed by atoms with E-state index in [9.17, 15) is 19.2 Å². The summed E-state index contributed by atoms with van der Waals surface area (Å²) in [7, 11) is 3.21. The second kappa shape index (κ2) is 15.8. The molecule has 1 aromatic heterocycles. The molecule has 0 spiro atoms. The molecule has 1 rings (SSSR count). The van der Waals surface area contributed by atoms with Gasteiger partial charge in [0.15, 0.2) is 0 Å². The van der Waals surface area contributed by atoms with Gasteiger partial charge in [0.25, 0.3) is 5.56 Å². The van der Waals surface area contributed by atoms with Gasteiger partial charge in [0, 0.05) is 37.1 Å². The zero-order valence-electron chi connectivity index (χ0n) is 16.6. The number of rotatable bonds is 13. The molecule has 0 saturated heterocycles. The molecule has 0 bridgehead atoms. The summed E-state index contributed by atoms with van der Waals surface area (Å²) < 4.78 is 0. The molecular weight excluding hydrogens is 412 g/mol. The van der Waals surface area contributed by atoms with E-state index in [1.165, 1.54) is 19.0 Å². The van der Waals surface area contributed by atoms with Crippen molar-refractivity contribution in [2.45, 2.75) is 45.4 Å². The summed E-state index contributed by atoms with van der Waals surface area (Å²) in [6.45, 7) is 2.91. The number of aromatic nitrogens is 2. The number of unbranched alkanes of at least 4 members (excludes halogenated alkanes) is 3. The van der Waals surface area contributed by atoms with Gasteiger partial charge >= 0.3 is 5.69 Å². The fourth-order valence-corrected chi connectivity index (χ4v) is 4.06. The van der Waals surface area contributed by atoms with Gasteiger partial charge in [-0.3, -0.25) is 19.4 Å². The number of nitrogens with one attached hydrogen (secondary N) is 4. The SMILES string of the molecule is CCCCCCC(=O)NCCSSCCC(=O)NCC#Cc1c[nH]c(=O)[nH]c1=O. The third-order valence-electron chi connectivity index (χ3n) is 3.68. The maximum absolute atomic E-state index is 11.7. The molecule has 1 heterocycles. The zero-order chi connectivity index (χ0) is 21.3. The summed E-state index contributed by atoms with van der Waals surface area (Å²) in [5.74, 6) is 6.70. The summed E-state index contributed by atoms with van der Waals surface area (Å²) in [4.78, 5) is 50.1. The third-order valence-corrected chi connectivity index (χ3v) is 6.09. The van der Waals surface area contributed by atoms with Crippen LogP contribution in [0.3, 0.4) is 0 Å². The fourth-order valence-electron chi connectivity index (χ4n) is 2.16. The Kier molecular flexibility index (Phi) is 13.5. The van der Waals surface area contributed by atoms with Crippen molar-refractivity contribution in [3.63, 3.8) is 0 Å². The van der Waals surface area contributed by atoms with E-state index in [2.05, 4.69) is 39.4 Å². The number of H-pyrrole nitrogens is 2. The first kappa shape index (κ1) is 24.9. The average Bonchev–Trinajstić information content (AvgIpc) is 2.69. The molecule has 0 aliphatic rings. The van der Waals surface area contributed by atoms with Crippen molar-refractivity contribution >= 4 is 33.4 Å². The molecule has 160 valence electrons. The van der Waals surface area contributed by atoms with Crippen molar-refractivity contribution in [1.29, 1.82) is 0 Å². The quantitative estimate of drug-likeness (QED) is 0.209. The highest BCUT2D eigenvalue weighted by atomic mass is 33.1. The van der Waals surface area contributed by atoms with Crippen molar-refractivity contribution < 1.29 is 9.59 Å². The summed E-state index contributed by atoms with van der Waals surface area (Å²) in [5.41, 5.74) is -1.01. The molecule has 2 amide bonds. The van der Waals surface area contributed by atoms with Crippen molar-refractivity contribution in [1.82, 2.24) is 20.6 Å². The van der Waals surface area contributed by atoms with Gasteiger partial charge in [-0.05, 0) is 6.42 Å². The highest BCUT2D eigenvalue weighted by molar-refractivity contribution is 8.76. The van der Waals surface area contributed by atoms with Crippen LogP contribution in [0.5, 0.6) is 0 Å². The van der Waals surface area contributed by atoms with Crippen molar-refractivity contribution in [2.75, 3.05) is 24.6 Å². The largest absolute Gasteiger partial charge is 0.355 e. The lowest BCUT2D eigenvalue weighted by molar-refractivity contribution is -0.121. The Hall–Kier alpha value is -2.12. The van der Waals surface area contributed by atoms with Crippen LogP contribution in [0.1, 0.15) is 51.0 Å². The van der Waals surface area contributed by atoms with Crippen LogP contribution in [0.15, 0.2) is 15.8 Å². The summed E-state index contributed by atoms with van der Waals surface area (Å²) in [6.07, 6.45) is 6.59. The molecule has 10 heteroatoms. The van der Waals surface area contributed by atoms with Gasteiger partial charge in [0.2, 0.25) is 11.8 Å². The molecule has 0 aliphatic heterocycles. The lowest BCUT2D eigenvalue weighted by Crippen LogP contribution is -2.25. The first-order valence-corrected chi connectivity index (χ1v) is 12.1.